The Morgan fingerprint density at radius 3 is 2.47 bits per heavy atom. The summed E-state index contributed by atoms with van der Waals surface area (Å²) in [5.41, 5.74) is 0.260. The summed E-state index contributed by atoms with van der Waals surface area (Å²) in [6, 6.07) is 2.85. The maximum Gasteiger partial charge on any atom is 0.341 e. The normalized spacial score (nSPS) is 10.1. The van der Waals surface area contributed by atoms with Gasteiger partial charge in [0.1, 0.15) is 10.8 Å². The van der Waals surface area contributed by atoms with Crippen molar-refractivity contribution in [2.45, 2.75) is 0 Å². The number of carbonyl (C=O) groups excluding carboxylic acids is 1. The van der Waals surface area contributed by atoms with Crippen molar-refractivity contribution in [1.82, 2.24) is 0 Å². The molecule has 0 unspecified atom stereocenters. The summed E-state index contributed by atoms with van der Waals surface area (Å²) in [6.45, 7) is -0.526. The Morgan fingerprint density at radius 2 is 1.94 bits per heavy atom. The number of aliphatic carboxylic acids is 1. The number of carboxylic acid groups (broad SMARTS) is 1. The number of halogens is 3. The van der Waals surface area contributed by atoms with Crippen LogP contribution in [0.2, 0.25) is 10.0 Å². The van der Waals surface area contributed by atoms with Gasteiger partial charge < -0.3 is 9.84 Å². The molecule has 0 aromatic heterocycles. The fourth-order valence-electron chi connectivity index (χ4n) is 1.07. The van der Waals surface area contributed by atoms with Crippen LogP contribution >= 0.6 is 39.1 Å². The highest BCUT2D eigenvalue weighted by molar-refractivity contribution is 9.09. The molecule has 1 rings (SSSR count). The van der Waals surface area contributed by atoms with E-state index in [1.807, 2.05) is 0 Å². The van der Waals surface area contributed by atoms with Crippen molar-refractivity contribution in [2.75, 3.05) is 11.9 Å². The van der Waals surface area contributed by atoms with Gasteiger partial charge in [-0.15, -0.1) is 0 Å². The molecule has 17 heavy (non-hydrogen) atoms. The maximum absolute atomic E-state index is 11.4. The highest BCUT2D eigenvalue weighted by Crippen LogP contribution is 2.35. The third-order valence-corrected chi connectivity index (χ3v) is 3.19. The number of alkyl halides is 1. The lowest BCUT2D eigenvalue weighted by molar-refractivity contribution is -0.139. The number of carboxylic acids is 1. The standard InChI is InChI=1S/C10H7BrCl2O4/c11-3-6(14)5-1-2-7(10(13)9(5)12)17-4-8(15)16/h1-2H,3-4H2,(H,15,16). The average molecular weight is 342 g/mol. The van der Waals surface area contributed by atoms with Crippen molar-refractivity contribution in [3.05, 3.63) is 27.7 Å². The number of Topliss-reactive ketones (excluding diaryl/α,β-unsaturated/α-hetero) is 1. The molecule has 1 aromatic carbocycles. The van der Waals surface area contributed by atoms with Gasteiger partial charge >= 0.3 is 5.97 Å². The van der Waals surface area contributed by atoms with Gasteiger partial charge in [-0.1, -0.05) is 39.1 Å². The van der Waals surface area contributed by atoms with Crippen LogP contribution in [0.15, 0.2) is 12.1 Å². The van der Waals surface area contributed by atoms with Crippen molar-refractivity contribution in [3.63, 3.8) is 0 Å². The molecular weight excluding hydrogens is 335 g/mol. The van der Waals surface area contributed by atoms with Crippen LogP contribution in [0.3, 0.4) is 0 Å². The summed E-state index contributed by atoms with van der Waals surface area (Å²) >= 11 is 14.8. The van der Waals surface area contributed by atoms with Gasteiger partial charge in [-0.05, 0) is 12.1 Å². The Labute approximate surface area is 116 Å². The number of ketones is 1. The van der Waals surface area contributed by atoms with Crippen LogP contribution in [-0.4, -0.2) is 28.8 Å². The molecule has 0 aliphatic heterocycles. The topological polar surface area (TPSA) is 63.6 Å². The number of hydrogen-bond donors (Lipinski definition) is 1. The van der Waals surface area contributed by atoms with Gasteiger partial charge in [-0.3, -0.25) is 4.79 Å². The Kier molecular flexibility index (Phi) is 5.24. The SMILES string of the molecule is O=C(O)COc1ccc(C(=O)CBr)c(Cl)c1Cl. The number of carbonyl (C=O) groups is 2. The monoisotopic (exact) mass is 340 g/mol. The number of hydrogen-bond acceptors (Lipinski definition) is 3. The molecule has 0 aliphatic carbocycles. The molecule has 0 aliphatic rings. The van der Waals surface area contributed by atoms with E-state index in [1.165, 1.54) is 12.1 Å². The highest BCUT2D eigenvalue weighted by Gasteiger charge is 2.16. The van der Waals surface area contributed by atoms with Crippen molar-refractivity contribution in [2.24, 2.45) is 0 Å². The van der Waals surface area contributed by atoms with Crippen LogP contribution in [0, 0.1) is 0 Å². The van der Waals surface area contributed by atoms with E-state index in [0.717, 1.165) is 0 Å². The van der Waals surface area contributed by atoms with Crippen LogP contribution in [0.5, 0.6) is 5.75 Å². The lowest BCUT2D eigenvalue weighted by Gasteiger charge is -2.09. The third kappa shape index (κ3) is 3.59. The Hall–Kier alpha value is -0.780. The maximum atomic E-state index is 11.4. The largest absolute Gasteiger partial charge is 0.480 e. The van der Waals surface area contributed by atoms with E-state index in [0.29, 0.717) is 0 Å². The highest BCUT2D eigenvalue weighted by atomic mass is 79.9. The molecule has 0 amide bonds. The molecule has 0 bridgehead atoms. The van der Waals surface area contributed by atoms with Gasteiger partial charge in [0, 0.05) is 5.56 Å². The molecule has 0 radical (unpaired) electrons. The van der Waals surface area contributed by atoms with E-state index in [4.69, 9.17) is 33.0 Å². The van der Waals surface area contributed by atoms with Crippen molar-refractivity contribution in [1.29, 1.82) is 0 Å². The molecule has 0 heterocycles. The number of ether oxygens (including phenoxy) is 1. The lowest BCUT2D eigenvalue weighted by atomic mass is 10.1. The van der Waals surface area contributed by atoms with E-state index >= 15 is 0 Å². The van der Waals surface area contributed by atoms with Gasteiger partial charge in [0.05, 0.1) is 10.4 Å². The van der Waals surface area contributed by atoms with Gasteiger partial charge in [-0.2, -0.15) is 0 Å². The van der Waals surface area contributed by atoms with Gasteiger partial charge in [0.15, 0.2) is 12.4 Å². The van der Waals surface area contributed by atoms with Crippen molar-refractivity contribution < 1.29 is 19.4 Å². The van der Waals surface area contributed by atoms with Gasteiger partial charge in [0.2, 0.25) is 0 Å². The zero-order chi connectivity index (χ0) is 13.0. The zero-order valence-electron chi connectivity index (χ0n) is 8.37. The van der Waals surface area contributed by atoms with E-state index in [-0.39, 0.29) is 32.5 Å². The second kappa shape index (κ2) is 6.23. The fraction of sp³-hybridized carbons (Fsp3) is 0.200. The summed E-state index contributed by atoms with van der Waals surface area (Å²) in [5.74, 6) is -1.22. The molecule has 0 spiro atoms. The summed E-state index contributed by atoms with van der Waals surface area (Å²) in [5, 5.41) is 8.66. The van der Waals surface area contributed by atoms with E-state index in [1.54, 1.807) is 0 Å². The van der Waals surface area contributed by atoms with Crippen LogP contribution in [0.1, 0.15) is 10.4 Å². The first-order valence-corrected chi connectivity index (χ1v) is 6.27. The van der Waals surface area contributed by atoms with Crippen molar-refractivity contribution >= 4 is 50.9 Å². The summed E-state index contributed by atoms with van der Waals surface area (Å²) in [7, 11) is 0. The Bertz CT molecular complexity index is 462. The molecule has 0 atom stereocenters. The first-order valence-electron chi connectivity index (χ1n) is 4.39. The molecule has 1 aromatic rings. The fourth-order valence-corrected chi connectivity index (χ4v) is 1.85. The second-order valence-corrected chi connectivity index (χ2v) is 4.30. The summed E-state index contributed by atoms with van der Waals surface area (Å²) < 4.78 is 4.91. The predicted molar refractivity (Wildman–Crippen MR) is 67.7 cm³/mol. The van der Waals surface area contributed by atoms with Crippen LogP contribution in [-0.2, 0) is 4.79 Å². The van der Waals surface area contributed by atoms with Crippen molar-refractivity contribution in [3.8, 4) is 5.75 Å². The summed E-state index contributed by atoms with van der Waals surface area (Å²) in [4.78, 5) is 21.8. The first kappa shape index (κ1) is 14.3. The molecule has 7 heteroatoms. The molecule has 0 saturated carbocycles. The average Bonchev–Trinajstić information content (AvgIpc) is 2.30. The van der Waals surface area contributed by atoms with E-state index in [2.05, 4.69) is 15.9 Å². The van der Waals surface area contributed by atoms with E-state index < -0.39 is 12.6 Å². The minimum atomic E-state index is -1.13. The Balaban J connectivity index is 3.02. The second-order valence-electron chi connectivity index (χ2n) is 2.98. The minimum absolute atomic E-state index is 0.0275. The number of benzene rings is 1. The number of rotatable bonds is 5. The van der Waals surface area contributed by atoms with Crippen LogP contribution < -0.4 is 4.74 Å². The molecule has 1 N–H and O–H groups in total. The lowest BCUT2D eigenvalue weighted by Crippen LogP contribution is -2.10. The Morgan fingerprint density at radius 1 is 1.29 bits per heavy atom. The quantitative estimate of drug-likeness (QED) is 0.660. The minimum Gasteiger partial charge on any atom is -0.480 e. The molecule has 92 valence electrons. The summed E-state index contributed by atoms with van der Waals surface area (Å²) in [6.07, 6.45) is 0. The van der Waals surface area contributed by atoms with E-state index in [9.17, 15) is 9.59 Å². The molecule has 0 fully saturated rings. The van der Waals surface area contributed by atoms with Gasteiger partial charge in [-0.25, -0.2) is 4.79 Å². The molecular formula is C10H7BrCl2O4. The molecule has 4 nitrogen and oxygen atoms in total. The third-order valence-electron chi connectivity index (χ3n) is 1.82. The van der Waals surface area contributed by atoms with Gasteiger partial charge in [0.25, 0.3) is 0 Å². The first-order chi connectivity index (χ1) is 7.97. The van der Waals surface area contributed by atoms with Crippen LogP contribution in [0.4, 0.5) is 0 Å². The zero-order valence-corrected chi connectivity index (χ0v) is 11.5. The molecule has 0 saturated heterocycles. The van der Waals surface area contributed by atoms with Crippen LogP contribution in [0.25, 0.3) is 0 Å². The smallest absolute Gasteiger partial charge is 0.341 e. The predicted octanol–water partition coefficient (Wildman–Crippen LogP) is 3.03.